The van der Waals surface area contributed by atoms with E-state index in [1.165, 1.54) is 83.6 Å². The zero-order valence-electron chi connectivity index (χ0n) is 28.9. The fourth-order valence-electron chi connectivity index (χ4n) is 9.04. The second kappa shape index (κ2) is 12.4. The van der Waals surface area contributed by atoms with Crippen LogP contribution in [0.1, 0.15) is 33.4 Å². The molecule has 0 radical (unpaired) electrons. The highest BCUT2D eigenvalue weighted by Crippen LogP contribution is 2.63. The summed E-state index contributed by atoms with van der Waals surface area (Å²) in [5.74, 6) is 0. The van der Waals surface area contributed by atoms with Crippen molar-refractivity contribution in [3.05, 3.63) is 234 Å². The number of benzene rings is 8. The normalized spacial score (nSPS) is 12.9. The SMILES string of the molecule is c1ccc(-c2ccccc2CN(Cc2ccccc2-c2ccccc2)c2ccc3c(c2)C2(c4ccccc4-c4ccccc42)c2ccccc2-3)cc1. The minimum Gasteiger partial charge on any atom is -0.363 e. The summed E-state index contributed by atoms with van der Waals surface area (Å²) in [5.41, 5.74) is 19.3. The molecule has 8 aromatic carbocycles. The number of fused-ring (bicyclic) bond motifs is 10. The van der Waals surface area contributed by atoms with Crippen LogP contribution >= 0.6 is 0 Å². The van der Waals surface area contributed by atoms with Gasteiger partial charge in [-0.3, -0.25) is 0 Å². The number of rotatable bonds is 7. The highest BCUT2D eigenvalue weighted by atomic mass is 15.1. The lowest BCUT2D eigenvalue weighted by atomic mass is 9.70. The quantitative estimate of drug-likeness (QED) is 0.164. The molecule has 10 rings (SSSR count). The second-order valence-electron chi connectivity index (χ2n) is 14.0. The molecule has 0 unspecified atom stereocenters. The van der Waals surface area contributed by atoms with E-state index in [1.807, 2.05) is 0 Å². The Morgan fingerprint density at radius 2 is 0.673 bits per heavy atom. The van der Waals surface area contributed by atoms with Crippen LogP contribution in [0.3, 0.4) is 0 Å². The number of nitrogens with zero attached hydrogens (tertiary/aromatic N) is 1. The van der Waals surface area contributed by atoms with Gasteiger partial charge in [0.25, 0.3) is 0 Å². The van der Waals surface area contributed by atoms with E-state index < -0.39 is 0 Å². The monoisotopic (exact) mass is 663 g/mol. The van der Waals surface area contributed by atoms with E-state index in [1.54, 1.807) is 0 Å². The van der Waals surface area contributed by atoms with Crippen LogP contribution in [0.15, 0.2) is 200 Å². The first kappa shape index (κ1) is 30.4. The Morgan fingerprint density at radius 3 is 1.13 bits per heavy atom. The van der Waals surface area contributed by atoms with Gasteiger partial charge in [0, 0.05) is 18.8 Å². The molecule has 52 heavy (non-hydrogen) atoms. The molecule has 246 valence electrons. The van der Waals surface area contributed by atoms with Crippen molar-refractivity contribution in [1.82, 2.24) is 0 Å². The van der Waals surface area contributed by atoms with E-state index in [-0.39, 0.29) is 5.41 Å². The van der Waals surface area contributed by atoms with E-state index in [0.717, 1.165) is 13.1 Å². The van der Waals surface area contributed by atoms with Crippen LogP contribution in [0.5, 0.6) is 0 Å². The first-order valence-electron chi connectivity index (χ1n) is 18.3. The van der Waals surface area contributed by atoms with E-state index >= 15 is 0 Å². The maximum Gasteiger partial charge on any atom is 0.0726 e. The third-order valence-corrected chi connectivity index (χ3v) is 11.3. The van der Waals surface area contributed by atoms with E-state index in [0.29, 0.717) is 0 Å². The zero-order chi connectivity index (χ0) is 34.5. The molecular weight excluding hydrogens is 627 g/mol. The van der Waals surface area contributed by atoms with Crippen LogP contribution in [0.4, 0.5) is 5.69 Å². The average Bonchev–Trinajstić information content (AvgIpc) is 3.69. The highest BCUT2D eigenvalue weighted by Gasteiger charge is 2.51. The van der Waals surface area contributed by atoms with Crippen LogP contribution < -0.4 is 4.90 Å². The van der Waals surface area contributed by atoms with Gasteiger partial charge in [0.2, 0.25) is 0 Å². The molecule has 0 aliphatic heterocycles. The zero-order valence-corrected chi connectivity index (χ0v) is 28.9. The summed E-state index contributed by atoms with van der Waals surface area (Å²) in [5, 5.41) is 0. The largest absolute Gasteiger partial charge is 0.363 e. The molecule has 0 amide bonds. The highest BCUT2D eigenvalue weighted by molar-refractivity contribution is 5.95. The molecule has 0 aromatic heterocycles. The summed E-state index contributed by atoms with van der Waals surface area (Å²) < 4.78 is 0. The maximum atomic E-state index is 2.59. The molecule has 0 saturated carbocycles. The van der Waals surface area contributed by atoms with Crippen LogP contribution in [-0.4, -0.2) is 0 Å². The van der Waals surface area contributed by atoms with Crippen molar-refractivity contribution >= 4 is 5.69 Å². The molecule has 0 N–H and O–H groups in total. The fraction of sp³-hybridized carbons (Fsp3) is 0.0588. The Kier molecular flexibility index (Phi) is 7.25. The van der Waals surface area contributed by atoms with Crippen molar-refractivity contribution in [2.24, 2.45) is 0 Å². The minimum absolute atomic E-state index is 0.384. The number of hydrogen-bond acceptors (Lipinski definition) is 1. The fourth-order valence-corrected chi connectivity index (χ4v) is 9.04. The molecular formula is C51H37N. The molecule has 0 bridgehead atoms. The van der Waals surface area contributed by atoms with Gasteiger partial charge in [-0.2, -0.15) is 0 Å². The lowest BCUT2D eigenvalue weighted by Crippen LogP contribution is -2.27. The minimum atomic E-state index is -0.384. The van der Waals surface area contributed by atoms with E-state index in [4.69, 9.17) is 0 Å². The van der Waals surface area contributed by atoms with Crippen molar-refractivity contribution in [3.63, 3.8) is 0 Å². The Bertz CT molecular complexity index is 2430. The van der Waals surface area contributed by atoms with Crippen LogP contribution in [-0.2, 0) is 18.5 Å². The van der Waals surface area contributed by atoms with E-state index in [2.05, 4.69) is 205 Å². The van der Waals surface area contributed by atoms with Crippen LogP contribution in [0.25, 0.3) is 44.5 Å². The van der Waals surface area contributed by atoms with Crippen molar-refractivity contribution < 1.29 is 0 Å². The van der Waals surface area contributed by atoms with Crippen LogP contribution in [0.2, 0.25) is 0 Å². The molecule has 1 spiro atoms. The second-order valence-corrected chi connectivity index (χ2v) is 14.0. The molecule has 0 heterocycles. The molecule has 0 atom stereocenters. The summed E-state index contributed by atoms with van der Waals surface area (Å²) in [4.78, 5) is 2.59. The van der Waals surface area contributed by atoms with Crippen LogP contribution in [0, 0.1) is 0 Å². The third-order valence-electron chi connectivity index (χ3n) is 11.3. The molecule has 2 aliphatic carbocycles. The summed E-state index contributed by atoms with van der Waals surface area (Å²) in [6, 6.07) is 73.9. The third kappa shape index (κ3) is 4.70. The average molecular weight is 664 g/mol. The number of anilines is 1. The summed E-state index contributed by atoms with van der Waals surface area (Å²) in [6.07, 6.45) is 0. The predicted octanol–water partition coefficient (Wildman–Crippen LogP) is 12.6. The van der Waals surface area contributed by atoms with E-state index in [9.17, 15) is 0 Å². The maximum absolute atomic E-state index is 2.59. The Balaban J connectivity index is 1.18. The standard InChI is InChI=1S/C51H37N/c1-3-17-36(18-4-1)41-23-9-7-21-38(41)34-52(35-39-22-8-10-24-42(39)37-19-5-2-6-20-37)40-31-32-46-45-27-13-16-30-49(45)51(50(46)33-40)47-28-14-11-25-43(47)44-26-12-15-29-48(44)51/h1-33H,34-35H2. The lowest BCUT2D eigenvalue weighted by Gasteiger charge is -2.32. The first-order chi connectivity index (χ1) is 25.8. The van der Waals surface area contributed by atoms with Crippen molar-refractivity contribution in [2.45, 2.75) is 18.5 Å². The molecule has 0 fully saturated rings. The van der Waals surface area contributed by atoms with Crippen molar-refractivity contribution in [1.29, 1.82) is 0 Å². The summed E-state index contributed by atoms with van der Waals surface area (Å²) in [7, 11) is 0. The van der Waals surface area contributed by atoms with Gasteiger partial charge in [-0.25, -0.2) is 0 Å². The van der Waals surface area contributed by atoms with Gasteiger partial charge in [0.1, 0.15) is 0 Å². The molecule has 8 aromatic rings. The summed E-state index contributed by atoms with van der Waals surface area (Å²) in [6.45, 7) is 1.53. The Morgan fingerprint density at radius 1 is 0.308 bits per heavy atom. The molecule has 1 nitrogen and oxygen atoms in total. The van der Waals surface area contributed by atoms with Gasteiger partial charge >= 0.3 is 0 Å². The molecule has 0 saturated heterocycles. The van der Waals surface area contributed by atoms with Gasteiger partial charge in [0.15, 0.2) is 0 Å². The molecule has 1 heteroatoms. The Hall–Kier alpha value is -6.44. The van der Waals surface area contributed by atoms with Crippen molar-refractivity contribution in [3.8, 4) is 44.5 Å². The predicted molar refractivity (Wildman–Crippen MR) is 216 cm³/mol. The van der Waals surface area contributed by atoms with Gasteiger partial charge in [0.05, 0.1) is 5.41 Å². The number of hydrogen-bond donors (Lipinski definition) is 0. The van der Waals surface area contributed by atoms with Gasteiger partial charge in [-0.1, -0.05) is 188 Å². The topological polar surface area (TPSA) is 3.24 Å². The van der Waals surface area contributed by atoms with Gasteiger partial charge < -0.3 is 4.90 Å². The van der Waals surface area contributed by atoms with Gasteiger partial charge in [-0.05, 0) is 90.0 Å². The summed E-state index contributed by atoms with van der Waals surface area (Å²) >= 11 is 0. The molecule has 2 aliphatic rings. The van der Waals surface area contributed by atoms with Crippen molar-refractivity contribution in [2.75, 3.05) is 4.90 Å². The van der Waals surface area contributed by atoms with Gasteiger partial charge in [-0.15, -0.1) is 0 Å². The lowest BCUT2D eigenvalue weighted by molar-refractivity contribution is 0.779. The first-order valence-corrected chi connectivity index (χ1v) is 18.3. The Labute approximate surface area is 306 Å². The smallest absolute Gasteiger partial charge is 0.0726 e.